The molecule has 1 aliphatic rings. The Hall–Kier alpha value is -2.20. The highest BCUT2D eigenvalue weighted by atomic mass is 19.1. The first-order valence-corrected chi connectivity index (χ1v) is 9.42. The second-order valence-corrected chi connectivity index (χ2v) is 7.09. The molecule has 3 unspecified atom stereocenters. The minimum Gasteiger partial charge on any atom is -0.352 e. The van der Waals surface area contributed by atoms with Gasteiger partial charge in [0.25, 0.3) is 0 Å². The van der Waals surface area contributed by atoms with Crippen LogP contribution in [-0.4, -0.2) is 25.0 Å². The van der Waals surface area contributed by atoms with Crippen molar-refractivity contribution in [1.82, 2.24) is 10.6 Å². The van der Waals surface area contributed by atoms with Gasteiger partial charge in [0.2, 0.25) is 5.91 Å². The molecule has 0 saturated carbocycles. The van der Waals surface area contributed by atoms with Crippen molar-refractivity contribution < 1.29 is 9.18 Å². The van der Waals surface area contributed by atoms with E-state index in [4.69, 9.17) is 0 Å². The van der Waals surface area contributed by atoms with E-state index in [-0.39, 0.29) is 29.6 Å². The van der Waals surface area contributed by atoms with Gasteiger partial charge in [-0.05, 0) is 55.1 Å². The fourth-order valence-electron chi connectivity index (χ4n) is 3.95. The van der Waals surface area contributed by atoms with Crippen LogP contribution in [0.4, 0.5) is 4.39 Å². The van der Waals surface area contributed by atoms with E-state index in [1.807, 2.05) is 50.2 Å². The molecule has 2 aromatic rings. The van der Waals surface area contributed by atoms with Crippen molar-refractivity contribution in [3.63, 3.8) is 0 Å². The number of halogens is 1. The molecule has 2 N–H and O–H groups in total. The minimum absolute atomic E-state index is 0.0608. The first-order valence-electron chi connectivity index (χ1n) is 9.42. The second-order valence-electron chi connectivity index (χ2n) is 7.09. The highest BCUT2D eigenvalue weighted by Gasteiger charge is 2.30. The van der Waals surface area contributed by atoms with Crippen LogP contribution in [0.2, 0.25) is 0 Å². The summed E-state index contributed by atoms with van der Waals surface area (Å²) in [5.41, 5.74) is 3.10. The number of amides is 1. The summed E-state index contributed by atoms with van der Waals surface area (Å²) in [6.45, 7) is 5.65. The van der Waals surface area contributed by atoms with Gasteiger partial charge in [0.1, 0.15) is 5.82 Å². The molecule has 0 aromatic heterocycles. The zero-order chi connectivity index (χ0) is 18.5. The number of piperidine rings is 1. The lowest BCUT2D eigenvalue weighted by Gasteiger charge is -2.35. The Morgan fingerprint density at radius 1 is 1.27 bits per heavy atom. The Morgan fingerprint density at radius 2 is 2.04 bits per heavy atom. The quantitative estimate of drug-likeness (QED) is 0.855. The summed E-state index contributed by atoms with van der Waals surface area (Å²) in [6.07, 6.45) is 1.64. The lowest BCUT2D eigenvalue weighted by atomic mass is 9.84. The van der Waals surface area contributed by atoms with Crippen LogP contribution >= 0.6 is 0 Å². The number of carbonyl (C=O) groups is 1. The molecule has 0 bridgehead atoms. The maximum absolute atomic E-state index is 13.5. The summed E-state index contributed by atoms with van der Waals surface area (Å²) in [5.74, 6) is -0.122. The highest BCUT2D eigenvalue weighted by Crippen LogP contribution is 2.28. The van der Waals surface area contributed by atoms with Crippen LogP contribution in [0, 0.1) is 12.7 Å². The normalized spacial score (nSPS) is 21.2. The molecule has 3 rings (SSSR count). The monoisotopic (exact) mass is 354 g/mol. The SMILES string of the molecule is CCC(C(=O)NC1CCNCC1c1ccc(F)cc1C)c1ccccc1. The van der Waals surface area contributed by atoms with Gasteiger partial charge in [-0.3, -0.25) is 4.79 Å². The summed E-state index contributed by atoms with van der Waals surface area (Å²) < 4.78 is 13.5. The number of nitrogens with one attached hydrogen (secondary N) is 2. The zero-order valence-corrected chi connectivity index (χ0v) is 15.5. The Balaban J connectivity index is 1.78. The fraction of sp³-hybridized carbons (Fsp3) is 0.409. The van der Waals surface area contributed by atoms with Gasteiger partial charge in [0.05, 0.1) is 5.92 Å². The van der Waals surface area contributed by atoms with Crippen LogP contribution in [-0.2, 0) is 4.79 Å². The molecule has 0 radical (unpaired) electrons. The van der Waals surface area contributed by atoms with Crippen molar-refractivity contribution >= 4 is 5.91 Å². The van der Waals surface area contributed by atoms with Crippen molar-refractivity contribution in [3.05, 3.63) is 71.0 Å². The smallest absolute Gasteiger partial charge is 0.227 e. The van der Waals surface area contributed by atoms with Crippen LogP contribution in [0.25, 0.3) is 0 Å². The number of hydrogen-bond donors (Lipinski definition) is 2. The molecule has 1 aliphatic heterocycles. The van der Waals surface area contributed by atoms with E-state index in [0.717, 1.165) is 42.6 Å². The summed E-state index contributed by atoms with van der Waals surface area (Å²) in [5, 5.41) is 6.69. The van der Waals surface area contributed by atoms with Gasteiger partial charge in [-0.25, -0.2) is 4.39 Å². The fourth-order valence-corrected chi connectivity index (χ4v) is 3.95. The number of rotatable bonds is 5. The molecule has 1 amide bonds. The van der Waals surface area contributed by atoms with Crippen molar-refractivity contribution in [3.8, 4) is 0 Å². The van der Waals surface area contributed by atoms with Gasteiger partial charge in [0, 0.05) is 18.5 Å². The highest BCUT2D eigenvalue weighted by molar-refractivity contribution is 5.84. The van der Waals surface area contributed by atoms with Crippen molar-refractivity contribution in [2.24, 2.45) is 0 Å². The molecular weight excluding hydrogens is 327 g/mol. The maximum atomic E-state index is 13.5. The number of aryl methyl sites for hydroxylation is 1. The molecule has 1 fully saturated rings. The minimum atomic E-state index is -0.217. The van der Waals surface area contributed by atoms with Gasteiger partial charge in [-0.2, -0.15) is 0 Å². The van der Waals surface area contributed by atoms with E-state index in [9.17, 15) is 9.18 Å². The molecule has 4 heteroatoms. The topological polar surface area (TPSA) is 41.1 Å². The van der Waals surface area contributed by atoms with E-state index in [0.29, 0.717) is 0 Å². The largest absolute Gasteiger partial charge is 0.352 e. The first-order chi connectivity index (χ1) is 12.6. The zero-order valence-electron chi connectivity index (χ0n) is 15.5. The summed E-state index contributed by atoms with van der Waals surface area (Å²) in [6, 6.07) is 14.9. The Bertz CT molecular complexity index is 747. The Morgan fingerprint density at radius 3 is 2.73 bits per heavy atom. The maximum Gasteiger partial charge on any atom is 0.227 e. The predicted molar refractivity (Wildman–Crippen MR) is 103 cm³/mol. The van der Waals surface area contributed by atoms with Gasteiger partial charge >= 0.3 is 0 Å². The number of carbonyl (C=O) groups excluding carboxylic acids is 1. The standard InChI is InChI=1S/C22H27FN2O/c1-3-18(16-7-5-4-6-8-16)22(26)25-21-11-12-24-14-20(21)19-10-9-17(23)13-15(19)2/h4-10,13,18,20-21,24H,3,11-12,14H2,1-2H3,(H,25,26). The number of hydrogen-bond acceptors (Lipinski definition) is 2. The lowest BCUT2D eigenvalue weighted by Crippen LogP contribution is -2.49. The molecule has 3 nitrogen and oxygen atoms in total. The summed E-state index contributed by atoms with van der Waals surface area (Å²) >= 11 is 0. The molecular formula is C22H27FN2O. The first kappa shape index (κ1) is 18.6. The van der Waals surface area contributed by atoms with E-state index in [1.165, 1.54) is 6.07 Å². The van der Waals surface area contributed by atoms with E-state index in [1.54, 1.807) is 6.07 Å². The number of benzene rings is 2. The molecule has 2 aromatic carbocycles. The van der Waals surface area contributed by atoms with E-state index in [2.05, 4.69) is 10.6 Å². The Kier molecular flexibility index (Phi) is 6.04. The van der Waals surface area contributed by atoms with Gasteiger partial charge in [-0.15, -0.1) is 0 Å². The average Bonchev–Trinajstić information content (AvgIpc) is 2.64. The van der Waals surface area contributed by atoms with Crippen LogP contribution < -0.4 is 10.6 Å². The third-order valence-corrected chi connectivity index (χ3v) is 5.37. The van der Waals surface area contributed by atoms with Crippen LogP contribution in [0.3, 0.4) is 0 Å². The molecule has 0 spiro atoms. The van der Waals surface area contributed by atoms with Crippen molar-refractivity contribution in [1.29, 1.82) is 0 Å². The summed E-state index contributed by atoms with van der Waals surface area (Å²) in [7, 11) is 0. The molecule has 1 heterocycles. The lowest BCUT2D eigenvalue weighted by molar-refractivity contribution is -0.123. The second kappa shape index (κ2) is 8.45. The predicted octanol–water partition coefficient (Wildman–Crippen LogP) is 3.89. The van der Waals surface area contributed by atoms with Gasteiger partial charge in [-0.1, -0.05) is 43.3 Å². The van der Waals surface area contributed by atoms with Crippen LogP contribution in [0.1, 0.15) is 48.3 Å². The van der Waals surface area contributed by atoms with Crippen LogP contribution in [0.5, 0.6) is 0 Å². The summed E-state index contributed by atoms with van der Waals surface area (Å²) in [4.78, 5) is 13.0. The van der Waals surface area contributed by atoms with Gasteiger partial charge < -0.3 is 10.6 Å². The average molecular weight is 354 g/mol. The molecule has 1 saturated heterocycles. The Labute approximate surface area is 155 Å². The third kappa shape index (κ3) is 4.13. The van der Waals surface area contributed by atoms with Crippen LogP contribution in [0.15, 0.2) is 48.5 Å². The van der Waals surface area contributed by atoms with Crippen molar-refractivity contribution in [2.75, 3.05) is 13.1 Å². The molecule has 138 valence electrons. The molecule has 0 aliphatic carbocycles. The van der Waals surface area contributed by atoms with E-state index >= 15 is 0 Å². The third-order valence-electron chi connectivity index (χ3n) is 5.37. The van der Waals surface area contributed by atoms with Gasteiger partial charge in [0.15, 0.2) is 0 Å². The molecule has 26 heavy (non-hydrogen) atoms. The van der Waals surface area contributed by atoms with E-state index < -0.39 is 0 Å². The molecule has 3 atom stereocenters. The van der Waals surface area contributed by atoms with Crippen molar-refractivity contribution in [2.45, 2.75) is 44.6 Å².